The van der Waals surface area contributed by atoms with Crippen LogP contribution in [0.1, 0.15) is 18.9 Å². The summed E-state index contributed by atoms with van der Waals surface area (Å²) < 4.78 is 2.07. The highest BCUT2D eigenvalue weighted by Crippen LogP contribution is 2.18. The van der Waals surface area contributed by atoms with Crippen molar-refractivity contribution in [1.82, 2.24) is 20.1 Å². The van der Waals surface area contributed by atoms with Crippen LogP contribution < -0.4 is 5.32 Å². The smallest absolute Gasteiger partial charge is 0.240 e. The van der Waals surface area contributed by atoms with Crippen LogP contribution in [0.4, 0.5) is 0 Å². The van der Waals surface area contributed by atoms with Gasteiger partial charge in [-0.2, -0.15) is 5.10 Å². The van der Waals surface area contributed by atoms with Gasteiger partial charge in [-0.1, -0.05) is 23.8 Å². The highest BCUT2D eigenvalue weighted by Gasteiger charge is 2.12. The van der Waals surface area contributed by atoms with E-state index in [9.17, 15) is 9.90 Å². The maximum atomic E-state index is 12.0. The van der Waals surface area contributed by atoms with Gasteiger partial charge in [0.05, 0.1) is 6.10 Å². The maximum Gasteiger partial charge on any atom is 0.240 e. The molecule has 118 valence electrons. The number of nitrogens with one attached hydrogen (secondary N) is 2. The number of aliphatic hydroxyl groups excluding tert-OH is 1. The summed E-state index contributed by atoms with van der Waals surface area (Å²) in [4.78, 5) is 12.0. The number of hydrogen-bond donors (Lipinski definition) is 3. The second-order valence-corrected chi connectivity index (χ2v) is 5.68. The summed E-state index contributed by atoms with van der Waals surface area (Å²) in [5.74, 6) is 0.478. The van der Waals surface area contributed by atoms with Crippen LogP contribution in [0.2, 0.25) is 0 Å². The first-order valence-corrected chi connectivity index (χ1v) is 7.55. The van der Waals surface area contributed by atoms with Gasteiger partial charge in [-0.15, -0.1) is 0 Å². The molecule has 0 saturated carbocycles. The number of aromatic nitrogens is 3. The lowest BCUT2D eigenvalue weighted by molar-refractivity contribution is -0.121. The minimum absolute atomic E-state index is 0.0957. The zero-order valence-electron chi connectivity index (χ0n) is 12.7. The number of benzene rings is 1. The molecule has 0 fully saturated rings. The Morgan fingerprint density at radius 3 is 3.00 bits per heavy atom. The number of rotatable bonds is 6. The number of aryl methyl sites for hydroxylation is 1. The molecule has 0 aliphatic rings. The second kappa shape index (κ2) is 7.33. The molecule has 1 amide bonds. The highest BCUT2D eigenvalue weighted by molar-refractivity contribution is 7.71. The van der Waals surface area contributed by atoms with Crippen LogP contribution in [0, 0.1) is 11.7 Å². The largest absolute Gasteiger partial charge is 0.393 e. The monoisotopic (exact) mass is 320 g/mol. The van der Waals surface area contributed by atoms with Crippen molar-refractivity contribution in [2.24, 2.45) is 0 Å². The van der Waals surface area contributed by atoms with Gasteiger partial charge in [0.1, 0.15) is 6.54 Å². The molecule has 0 radical (unpaired) electrons. The SMILES string of the molecule is Cc1cccc(-c2n[nH]c(=S)n2CC(=O)NCC[C@H](C)O)c1. The van der Waals surface area contributed by atoms with Gasteiger partial charge in [0, 0.05) is 12.1 Å². The minimum Gasteiger partial charge on any atom is -0.393 e. The lowest BCUT2D eigenvalue weighted by Gasteiger charge is -2.09. The van der Waals surface area contributed by atoms with Gasteiger partial charge in [-0.25, -0.2) is 0 Å². The van der Waals surface area contributed by atoms with E-state index in [0.29, 0.717) is 23.6 Å². The van der Waals surface area contributed by atoms with E-state index in [-0.39, 0.29) is 12.5 Å². The Kier molecular flexibility index (Phi) is 5.46. The zero-order chi connectivity index (χ0) is 16.1. The van der Waals surface area contributed by atoms with Crippen molar-refractivity contribution in [3.63, 3.8) is 0 Å². The van der Waals surface area contributed by atoms with Crippen LogP contribution in [-0.4, -0.2) is 38.4 Å². The lowest BCUT2D eigenvalue weighted by Crippen LogP contribution is -2.30. The van der Waals surface area contributed by atoms with Gasteiger partial charge in [0.15, 0.2) is 10.6 Å². The van der Waals surface area contributed by atoms with Crippen LogP contribution in [0.3, 0.4) is 0 Å². The quantitative estimate of drug-likeness (QED) is 0.709. The fourth-order valence-corrected chi connectivity index (χ4v) is 2.29. The summed E-state index contributed by atoms with van der Waals surface area (Å²) in [7, 11) is 0. The standard InChI is InChI=1S/C15H20N4O2S/c1-10-4-3-5-12(8-10)14-17-18-15(22)19(14)9-13(21)16-7-6-11(2)20/h3-5,8,11,20H,6-7,9H2,1-2H3,(H,16,21)(H,18,22)/t11-/m0/s1. The van der Waals surface area contributed by atoms with Crippen LogP contribution in [0.25, 0.3) is 11.4 Å². The Balaban J connectivity index is 2.13. The van der Waals surface area contributed by atoms with E-state index < -0.39 is 6.10 Å². The Hall–Kier alpha value is -1.99. The van der Waals surface area contributed by atoms with Gasteiger partial charge >= 0.3 is 0 Å². The number of amides is 1. The Labute approximate surface area is 134 Å². The van der Waals surface area contributed by atoms with Gasteiger partial charge in [-0.05, 0) is 38.6 Å². The first kappa shape index (κ1) is 16.4. The zero-order valence-corrected chi connectivity index (χ0v) is 13.5. The van der Waals surface area contributed by atoms with Crippen molar-refractivity contribution in [3.05, 3.63) is 34.6 Å². The molecule has 1 atom stereocenters. The summed E-state index contributed by atoms with van der Waals surface area (Å²) in [6.07, 6.45) is 0.0898. The molecule has 0 aliphatic carbocycles. The van der Waals surface area contributed by atoms with Gasteiger partial charge in [0.25, 0.3) is 0 Å². The molecule has 22 heavy (non-hydrogen) atoms. The number of carbonyl (C=O) groups is 1. The predicted octanol–water partition coefficient (Wildman–Crippen LogP) is 1.80. The third-order valence-corrected chi connectivity index (χ3v) is 3.53. The molecule has 1 aromatic heterocycles. The summed E-state index contributed by atoms with van der Waals surface area (Å²) in [5, 5.41) is 18.9. The van der Waals surface area contributed by atoms with Crippen molar-refractivity contribution in [3.8, 4) is 11.4 Å². The molecule has 7 heteroatoms. The van der Waals surface area contributed by atoms with Crippen molar-refractivity contribution in [1.29, 1.82) is 0 Å². The van der Waals surface area contributed by atoms with Crippen molar-refractivity contribution >= 4 is 18.1 Å². The van der Waals surface area contributed by atoms with E-state index in [0.717, 1.165) is 11.1 Å². The number of hydrogen-bond acceptors (Lipinski definition) is 4. The van der Waals surface area contributed by atoms with E-state index in [1.807, 2.05) is 31.2 Å². The first-order chi connectivity index (χ1) is 10.5. The molecule has 3 N–H and O–H groups in total. The van der Waals surface area contributed by atoms with Gasteiger partial charge in [0.2, 0.25) is 5.91 Å². The summed E-state index contributed by atoms with van der Waals surface area (Å²) in [5.41, 5.74) is 2.02. The van der Waals surface area contributed by atoms with Crippen molar-refractivity contribution < 1.29 is 9.90 Å². The molecule has 1 aromatic carbocycles. The van der Waals surface area contributed by atoms with Gasteiger partial charge in [-0.3, -0.25) is 14.5 Å². The lowest BCUT2D eigenvalue weighted by atomic mass is 10.1. The van der Waals surface area contributed by atoms with E-state index >= 15 is 0 Å². The Morgan fingerprint density at radius 1 is 1.55 bits per heavy atom. The Morgan fingerprint density at radius 2 is 2.32 bits per heavy atom. The predicted molar refractivity (Wildman–Crippen MR) is 86.9 cm³/mol. The minimum atomic E-state index is -0.431. The molecule has 0 spiro atoms. The van der Waals surface area contributed by atoms with E-state index in [4.69, 9.17) is 12.2 Å². The average Bonchev–Trinajstić information content (AvgIpc) is 2.80. The number of nitrogens with zero attached hydrogens (tertiary/aromatic N) is 2. The van der Waals surface area contributed by atoms with Crippen LogP contribution >= 0.6 is 12.2 Å². The summed E-state index contributed by atoms with van der Waals surface area (Å²) in [6.45, 7) is 4.21. The fourth-order valence-electron chi connectivity index (χ4n) is 2.09. The van der Waals surface area contributed by atoms with Crippen LogP contribution in [0.15, 0.2) is 24.3 Å². The molecule has 1 heterocycles. The topological polar surface area (TPSA) is 82.9 Å². The summed E-state index contributed by atoms with van der Waals surface area (Å²) >= 11 is 5.20. The van der Waals surface area contributed by atoms with E-state index in [1.165, 1.54) is 0 Å². The van der Waals surface area contributed by atoms with Crippen molar-refractivity contribution in [2.45, 2.75) is 32.9 Å². The third-order valence-electron chi connectivity index (χ3n) is 3.22. The van der Waals surface area contributed by atoms with Crippen LogP contribution in [-0.2, 0) is 11.3 Å². The first-order valence-electron chi connectivity index (χ1n) is 7.14. The average molecular weight is 320 g/mol. The van der Waals surface area contributed by atoms with E-state index in [2.05, 4.69) is 15.5 Å². The summed E-state index contributed by atoms with van der Waals surface area (Å²) in [6, 6.07) is 7.86. The van der Waals surface area contributed by atoms with Crippen molar-refractivity contribution in [2.75, 3.05) is 6.54 Å². The van der Waals surface area contributed by atoms with E-state index in [1.54, 1.807) is 11.5 Å². The number of carbonyl (C=O) groups excluding carboxylic acids is 1. The van der Waals surface area contributed by atoms with Crippen LogP contribution in [0.5, 0.6) is 0 Å². The molecule has 0 saturated heterocycles. The molecule has 6 nitrogen and oxygen atoms in total. The molecule has 0 unspecified atom stereocenters. The number of aliphatic hydroxyl groups is 1. The molecule has 2 rings (SSSR count). The second-order valence-electron chi connectivity index (χ2n) is 5.30. The molecule has 0 aliphatic heterocycles. The normalized spacial score (nSPS) is 12.1. The molecular formula is C15H20N4O2S. The Bertz CT molecular complexity index is 706. The molecule has 2 aromatic rings. The molecule has 0 bridgehead atoms. The van der Waals surface area contributed by atoms with Gasteiger partial charge < -0.3 is 10.4 Å². The number of aromatic amines is 1. The fraction of sp³-hybridized carbons (Fsp3) is 0.400. The maximum absolute atomic E-state index is 12.0. The highest BCUT2D eigenvalue weighted by atomic mass is 32.1. The third kappa shape index (κ3) is 4.25. The number of H-pyrrole nitrogens is 1. The molecular weight excluding hydrogens is 300 g/mol.